The molecule has 1 unspecified atom stereocenters. The van der Waals surface area contributed by atoms with Crippen LogP contribution in [0.15, 0.2) is 12.2 Å². The number of rotatable bonds is 5. The van der Waals surface area contributed by atoms with Crippen molar-refractivity contribution < 1.29 is 47.3 Å². The molecule has 1 N–H and O–H groups in total. The number of carbonyl (C=O) groups excluding carboxylic acids is 1. The van der Waals surface area contributed by atoms with E-state index < -0.39 is 21.4 Å². The van der Waals surface area contributed by atoms with Crippen molar-refractivity contribution in [2.45, 2.75) is 32.1 Å². The molecule has 0 heterocycles. The van der Waals surface area contributed by atoms with Crippen LogP contribution >= 0.6 is 0 Å². The molecule has 1 atom stereocenters. The van der Waals surface area contributed by atoms with Gasteiger partial charge in [-0.05, 0) is 13.3 Å². The largest absolute Gasteiger partial charge is 1.00 e. The first-order valence-corrected chi connectivity index (χ1v) is 5.67. The second-order valence-electron chi connectivity index (χ2n) is 3.02. The zero-order valence-corrected chi connectivity index (χ0v) is 12.1. The van der Waals surface area contributed by atoms with Crippen LogP contribution in [0.1, 0.15) is 26.7 Å². The molecule has 15 heavy (non-hydrogen) atoms. The molecule has 0 rings (SSSR count). The van der Waals surface area contributed by atoms with E-state index in [2.05, 4.69) is 11.9 Å². The Hall–Kier alpha value is 0.120. The van der Waals surface area contributed by atoms with Gasteiger partial charge in [0.2, 0.25) is 5.91 Å². The van der Waals surface area contributed by atoms with E-state index in [1.165, 1.54) is 6.92 Å². The smallest absolute Gasteiger partial charge is 0.746 e. The van der Waals surface area contributed by atoms with Crippen molar-refractivity contribution >= 4 is 16.0 Å². The summed E-state index contributed by atoms with van der Waals surface area (Å²) in [6, 6.07) is 0. The van der Waals surface area contributed by atoms with Crippen molar-refractivity contribution in [2.75, 3.05) is 0 Å². The maximum atomic E-state index is 11.1. The summed E-state index contributed by atoms with van der Waals surface area (Å²) in [5.74, 6) is -0.608. The van der Waals surface area contributed by atoms with E-state index in [4.69, 9.17) is 0 Å². The zero-order valence-electron chi connectivity index (χ0n) is 9.24. The van der Waals surface area contributed by atoms with Crippen LogP contribution < -0.4 is 34.9 Å². The van der Waals surface area contributed by atoms with Gasteiger partial charge < -0.3 is 9.87 Å². The fraction of sp³-hybridized carbons (Fsp3) is 0.625. The van der Waals surface area contributed by atoms with Gasteiger partial charge in [0.25, 0.3) is 0 Å². The van der Waals surface area contributed by atoms with Gasteiger partial charge in [0, 0.05) is 5.57 Å². The van der Waals surface area contributed by atoms with Gasteiger partial charge in [-0.3, -0.25) is 4.79 Å². The van der Waals surface area contributed by atoms with E-state index in [-0.39, 0.29) is 41.6 Å². The van der Waals surface area contributed by atoms with E-state index in [0.717, 1.165) is 0 Å². The summed E-state index contributed by atoms with van der Waals surface area (Å²) < 4.78 is 32.0. The molecule has 0 aromatic heterocycles. The van der Waals surface area contributed by atoms with Crippen LogP contribution in [0.3, 0.4) is 0 Å². The minimum Gasteiger partial charge on any atom is -0.746 e. The Morgan fingerprint density at radius 2 is 2.00 bits per heavy atom. The van der Waals surface area contributed by atoms with Gasteiger partial charge in [-0.15, -0.1) is 0 Å². The number of carbonyl (C=O) groups is 1. The Balaban J connectivity index is 0. The van der Waals surface area contributed by atoms with Crippen molar-refractivity contribution in [2.24, 2.45) is 0 Å². The zero-order chi connectivity index (χ0) is 11.4. The first kappa shape index (κ1) is 17.5. The van der Waals surface area contributed by atoms with Crippen LogP contribution in [0.5, 0.6) is 0 Å². The van der Waals surface area contributed by atoms with Gasteiger partial charge in [0.15, 0.2) is 0 Å². The van der Waals surface area contributed by atoms with E-state index >= 15 is 0 Å². The van der Waals surface area contributed by atoms with Crippen LogP contribution in [0, 0.1) is 0 Å². The third-order valence-electron chi connectivity index (χ3n) is 1.58. The summed E-state index contributed by atoms with van der Waals surface area (Å²) in [7, 11) is -4.48. The minimum atomic E-state index is -4.48. The molecule has 0 radical (unpaired) electrons. The number of hydrogen-bond donors (Lipinski definition) is 1. The monoisotopic (exact) mass is 243 g/mol. The molecule has 7 heteroatoms. The first-order chi connectivity index (χ1) is 6.29. The summed E-state index contributed by atoms with van der Waals surface area (Å²) in [4.78, 5) is 11.1. The maximum Gasteiger partial charge on any atom is 1.00 e. The summed E-state index contributed by atoms with van der Waals surface area (Å²) in [5.41, 5.74) is 0.176. The van der Waals surface area contributed by atoms with Crippen LogP contribution in [0.2, 0.25) is 0 Å². The molecule has 0 aromatic carbocycles. The van der Waals surface area contributed by atoms with E-state index in [1.807, 2.05) is 0 Å². The van der Waals surface area contributed by atoms with Gasteiger partial charge in [0.1, 0.15) is 15.5 Å². The topological polar surface area (TPSA) is 86.3 Å². The normalized spacial score (nSPS) is 12.5. The molecule has 0 bridgehead atoms. The molecule has 0 saturated heterocycles. The Bertz CT molecular complexity index is 326. The predicted octanol–water partition coefficient (Wildman–Crippen LogP) is -2.65. The molecule has 0 saturated carbocycles. The van der Waals surface area contributed by atoms with Gasteiger partial charge in [-0.1, -0.05) is 19.9 Å². The molecule has 82 valence electrons. The standard InChI is InChI=1S/C8H15NO4S.Na/c1-4-5-7(14(11,12)13)9-8(10)6(2)3;/h7H,2,4-5H2,1,3H3,(H,9,10)(H,11,12,13);/q;+1/p-1. The minimum absolute atomic E-state index is 0. The Morgan fingerprint density at radius 3 is 2.27 bits per heavy atom. The van der Waals surface area contributed by atoms with Crippen molar-refractivity contribution in [1.82, 2.24) is 5.32 Å². The molecule has 0 aromatic rings. The first-order valence-electron chi connectivity index (χ1n) is 4.20. The molecular formula is C8H14NNaO4S. The summed E-state index contributed by atoms with van der Waals surface area (Å²) in [5, 5.41) is 0.768. The van der Waals surface area contributed by atoms with Gasteiger partial charge in [-0.25, -0.2) is 8.42 Å². The average molecular weight is 243 g/mol. The third-order valence-corrected chi connectivity index (χ3v) is 2.63. The Morgan fingerprint density at radius 1 is 1.53 bits per heavy atom. The molecule has 0 aliphatic rings. The van der Waals surface area contributed by atoms with Crippen LogP contribution in [0.25, 0.3) is 0 Å². The number of amides is 1. The quantitative estimate of drug-likeness (QED) is 0.325. The molecule has 5 nitrogen and oxygen atoms in total. The molecule has 0 aliphatic carbocycles. The summed E-state index contributed by atoms with van der Waals surface area (Å²) in [6.07, 6.45) is 0.619. The SMILES string of the molecule is C=C(C)C(=O)NC(CCC)S(=O)(=O)[O-].[Na+]. The van der Waals surface area contributed by atoms with Crippen LogP contribution in [0.4, 0.5) is 0 Å². The van der Waals surface area contributed by atoms with Gasteiger partial charge in [0.05, 0.1) is 0 Å². The fourth-order valence-electron chi connectivity index (χ4n) is 0.820. The van der Waals surface area contributed by atoms with Crippen molar-refractivity contribution in [3.05, 3.63) is 12.2 Å². The second kappa shape index (κ2) is 7.40. The summed E-state index contributed by atoms with van der Waals surface area (Å²) >= 11 is 0. The van der Waals surface area contributed by atoms with E-state index in [0.29, 0.717) is 6.42 Å². The number of nitrogens with one attached hydrogen (secondary N) is 1. The summed E-state index contributed by atoms with van der Waals surface area (Å²) in [6.45, 7) is 6.51. The van der Waals surface area contributed by atoms with Crippen LogP contribution in [-0.4, -0.2) is 24.3 Å². The van der Waals surface area contributed by atoms with E-state index in [1.54, 1.807) is 6.92 Å². The van der Waals surface area contributed by atoms with E-state index in [9.17, 15) is 17.8 Å². The van der Waals surface area contributed by atoms with Gasteiger partial charge >= 0.3 is 29.6 Å². The maximum absolute atomic E-state index is 11.1. The molecular weight excluding hydrogens is 229 g/mol. The average Bonchev–Trinajstić information content (AvgIpc) is 2.01. The Labute approximate surface area is 112 Å². The van der Waals surface area contributed by atoms with Crippen molar-refractivity contribution in [1.29, 1.82) is 0 Å². The van der Waals surface area contributed by atoms with Crippen molar-refractivity contribution in [3.8, 4) is 0 Å². The van der Waals surface area contributed by atoms with Crippen molar-refractivity contribution in [3.63, 3.8) is 0 Å². The number of hydrogen-bond acceptors (Lipinski definition) is 4. The molecule has 0 fully saturated rings. The predicted molar refractivity (Wildman–Crippen MR) is 51.3 cm³/mol. The van der Waals surface area contributed by atoms with Crippen LogP contribution in [-0.2, 0) is 14.9 Å². The third kappa shape index (κ3) is 7.08. The molecule has 1 amide bonds. The fourth-order valence-corrected chi connectivity index (χ4v) is 1.60. The Kier molecular flexibility index (Phi) is 8.64. The second-order valence-corrected chi connectivity index (χ2v) is 4.58. The molecule has 0 spiro atoms. The molecule has 0 aliphatic heterocycles. The van der Waals surface area contributed by atoms with Gasteiger partial charge in [-0.2, -0.15) is 0 Å².